The van der Waals surface area contributed by atoms with Crippen LogP contribution in [-0.4, -0.2) is 16.0 Å². The van der Waals surface area contributed by atoms with Crippen molar-refractivity contribution in [3.05, 3.63) is 82.3 Å². The highest BCUT2D eigenvalue weighted by atomic mass is 35.5. The molecule has 0 unspecified atom stereocenters. The lowest BCUT2D eigenvalue weighted by molar-refractivity contribution is 0.262. The third-order valence-electron chi connectivity index (χ3n) is 5.71. The van der Waals surface area contributed by atoms with Gasteiger partial charge in [-0.25, -0.2) is 4.79 Å². The summed E-state index contributed by atoms with van der Waals surface area (Å²) in [5.74, 6) is 0.355. The average Bonchev–Trinajstić information content (AvgIpc) is 2.76. The molecule has 2 amide bonds. The topological polar surface area (TPSA) is 66.9 Å². The Hall–Kier alpha value is -3.44. The van der Waals surface area contributed by atoms with Crippen LogP contribution in [0.2, 0.25) is 5.02 Å². The molecule has 0 aliphatic carbocycles. The Kier molecular flexibility index (Phi) is 6.34. The van der Waals surface area contributed by atoms with Crippen molar-refractivity contribution in [3.63, 3.8) is 0 Å². The highest BCUT2D eigenvalue weighted by molar-refractivity contribution is 6.34. The van der Waals surface area contributed by atoms with Crippen LogP contribution in [0, 0.1) is 20.8 Å². The van der Waals surface area contributed by atoms with Gasteiger partial charge in [0, 0.05) is 27.2 Å². The van der Waals surface area contributed by atoms with Gasteiger partial charge in [0.15, 0.2) is 0 Å². The van der Waals surface area contributed by atoms with E-state index in [0.29, 0.717) is 22.3 Å². The average molecular weight is 459 g/mol. The fourth-order valence-corrected chi connectivity index (χ4v) is 4.33. The summed E-state index contributed by atoms with van der Waals surface area (Å²) in [5, 5.41) is 7.50. The van der Waals surface area contributed by atoms with Crippen LogP contribution in [0.1, 0.15) is 42.3 Å². The number of anilines is 2. The fourth-order valence-electron chi connectivity index (χ4n) is 4.10. The quantitative estimate of drug-likeness (QED) is 0.330. The van der Waals surface area contributed by atoms with Crippen molar-refractivity contribution in [3.8, 4) is 11.1 Å². The van der Waals surface area contributed by atoms with Crippen LogP contribution in [0.25, 0.3) is 22.0 Å². The molecule has 2 heterocycles. The van der Waals surface area contributed by atoms with Crippen molar-refractivity contribution in [1.29, 1.82) is 0 Å². The van der Waals surface area contributed by atoms with Crippen LogP contribution < -0.4 is 10.6 Å². The van der Waals surface area contributed by atoms with E-state index in [-0.39, 0.29) is 6.03 Å². The maximum Gasteiger partial charge on any atom is 0.323 e. The molecule has 0 atom stereocenters. The van der Waals surface area contributed by atoms with E-state index in [9.17, 15) is 4.79 Å². The lowest BCUT2D eigenvalue weighted by Crippen LogP contribution is -2.21. The van der Waals surface area contributed by atoms with Crippen LogP contribution in [0.5, 0.6) is 0 Å². The Morgan fingerprint density at radius 1 is 1.00 bits per heavy atom. The van der Waals surface area contributed by atoms with Crippen molar-refractivity contribution in [1.82, 2.24) is 9.97 Å². The summed E-state index contributed by atoms with van der Waals surface area (Å²) in [7, 11) is 0. The number of aromatic nitrogens is 2. The van der Waals surface area contributed by atoms with E-state index in [2.05, 4.69) is 46.6 Å². The Balaban J connectivity index is 1.81. The second-order valence-electron chi connectivity index (χ2n) is 8.58. The number of benzene rings is 2. The van der Waals surface area contributed by atoms with Gasteiger partial charge in [0.05, 0.1) is 28.8 Å². The second-order valence-corrected chi connectivity index (χ2v) is 8.99. The Morgan fingerprint density at radius 3 is 2.45 bits per heavy atom. The molecule has 0 saturated heterocycles. The van der Waals surface area contributed by atoms with Gasteiger partial charge in [0.1, 0.15) is 0 Å². The largest absolute Gasteiger partial charge is 0.323 e. The summed E-state index contributed by atoms with van der Waals surface area (Å²) in [6, 6.07) is 15.5. The lowest BCUT2D eigenvalue weighted by atomic mass is 9.95. The zero-order valence-electron chi connectivity index (χ0n) is 19.5. The molecule has 5 nitrogen and oxygen atoms in total. The van der Waals surface area contributed by atoms with Gasteiger partial charge in [-0.1, -0.05) is 49.7 Å². The Morgan fingerprint density at radius 2 is 1.76 bits per heavy atom. The molecule has 6 heteroatoms. The minimum Gasteiger partial charge on any atom is -0.306 e. The molecule has 0 saturated carbocycles. The van der Waals surface area contributed by atoms with Gasteiger partial charge < -0.3 is 10.6 Å². The van der Waals surface area contributed by atoms with Gasteiger partial charge in [-0.05, 0) is 62.1 Å². The third kappa shape index (κ3) is 4.69. The number of pyridine rings is 2. The molecule has 0 aliphatic heterocycles. The maximum absolute atomic E-state index is 13.0. The number of carbonyl (C=O) groups is 1. The van der Waals surface area contributed by atoms with Crippen LogP contribution in [0.3, 0.4) is 0 Å². The van der Waals surface area contributed by atoms with E-state index < -0.39 is 0 Å². The minimum absolute atomic E-state index is 0.355. The van der Waals surface area contributed by atoms with E-state index in [1.54, 1.807) is 6.20 Å². The number of urea groups is 1. The number of aryl methyl sites for hydroxylation is 3. The number of hydrogen-bond donors (Lipinski definition) is 2. The van der Waals surface area contributed by atoms with Gasteiger partial charge in [-0.2, -0.15) is 0 Å². The lowest BCUT2D eigenvalue weighted by Gasteiger charge is -2.18. The molecule has 0 aliphatic rings. The van der Waals surface area contributed by atoms with Crippen molar-refractivity contribution < 1.29 is 4.79 Å². The summed E-state index contributed by atoms with van der Waals surface area (Å²) in [4.78, 5) is 22.1. The van der Waals surface area contributed by atoms with E-state index in [1.807, 2.05) is 57.2 Å². The molecule has 0 bridgehead atoms. The fraction of sp³-hybridized carbons (Fsp3) is 0.222. The standard InChI is InChI=1S/C27H27ClN4O/c1-15(2)19-10-11-23-21(13-19)25(20-8-6-7-9-22(20)28)24(14-29-23)31-27(33)32-26-16(3)12-17(4)30-18(26)5/h6-15H,1-5H3,(H2,31,32,33). The first-order valence-electron chi connectivity index (χ1n) is 10.9. The Labute approximate surface area is 199 Å². The van der Waals surface area contributed by atoms with E-state index in [4.69, 9.17) is 11.6 Å². The van der Waals surface area contributed by atoms with Crippen LogP contribution in [0.4, 0.5) is 16.2 Å². The predicted molar refractivity (Wildman–Crippen MR) is 137 cm³/mol. The number of fused-ring (bicyclic) bond motifs is 1. The van der Waals surface area contributed by atoms with Crippen LogP contribution >= 0.6 is 11.6 Å². The van der Waals surface area contributed by atoms with Gasteiger partial charge in [0.25, 0.3) is 0 Å². The zero-order valence-corrected chi connectivity index (χ0v) is 20.2. The number of nitrogens with zero attached hydrogens (tertiary/aromatic N) is 2. The summed E-state index contributed by atoms with van der Waals surface area (Å²) in [6.45, 7) is 10.1. The molecule has 2 aromatic carbocycles. The van der Waals surface area contributed by atoms with Gasteiger partial charge in [0.2, 0.25) is 0 Å². The summed E-state index contributed by atoms with van der Waals surface area (Å²) in [6.07, 6.45) is 1.68. The molecule has 4 aromatic rings. The Bertz CT molecular complexity index is 1340. The summed E-state index contributed by atoms with van der Waals surface area (Å²) >= 11 is 6.60. The van der Waals surface area contributed by atoms with Crippen LogP contribution in [-0.2, 0) is 0 Å². The number of amides is 2. The van der Waals surface area contributed by atoms with E-state index in [1.165, 1.54) is 5.56 Å². The SMILES string of the molecule is Cc1cc(C)c(NC(=O)Nc2cnc3ccc(C(C)C)cc3c2-c2ccccc2Cl)c(C)n1. The van der Waals surface area contributed by atoms with Crippen molar-refractivity contribution in [2.75, 3.05) is 10.6 Å². The highest BCUT2D eigenvalue weighted by Gasteiger charge is 2.18. The van der Waals surface area contributed by atoms with E-state index >= 15 is 0 Å². The molecule has 33 heavy (non-hydrogen) atoms. The zero-order chi connectivity index (χ0) is 23.7. The number of halogens is 1. The van der Waals surface area contributed by atoms with Crippen molar-refractivity contribution in [2.45, 2.75) is 40.5 Å². The highest BCUT2D eigenvalue weighted by Crippen LogP contribution is 2.39. The van der Waals surface area contributed by atoms with Crippen molar-refractivity contribution in [2.24, 2.45) is 0 Å². The second kappa shape index (κ2) is 9.20. The first kappa shape index (κ1) is 22.7. The number of hydrogen-bond acceptors (Lipinski definition) is 3. The monoisotopic (exact) mass is 458 g/mol. The molecular formula is C27H27ClN4O. The third-order valence-corrected chi connectivity index (χ3v) is 6.04. The van der Waals surface area contributed by atoms with Gasteiger partial charge >= 0.3 is 6.03 Å². The van der Waals surface area contributed by atoms with Gasteiger partial charge in [-0.3, -0.25) is 9.97 Å². The molecule has 0 radical (unpaired) electrons. The van der Waals surface area contributed by atoms with Crippen LogP contribution in [0.15, 0.2) is 54.7 Å². The van der Waals surface area contributed by atoms with E-state index in [0.717, 1.165) is 39.0 Å². The number of carbonyl (C=O) groups excluding carboxylic acids is 1. The van der Waals surface area contributed by atoms with Crippen molar-refractivity contribution >= 4 is 39.9 Å². The summed E-state index contributed by atoms with van der Waals surface area (Å²) < 4.78 is 0. The van der Waals surface area contributed by atoms with Gasteiger partial charge in [-0.15, -0.1) is 0 Å². The smallest absolute Gasteiger partial charge is 0.306 e. The molecule has 0 fully saturated rings. The predicted octanol–water partition coefficient (Wildman–Crippen LogP) is 7.64. The number of nitrogens with one attached hydrogen (secondary N) is 2. The first-order chi connectivity index (χ1) is 15.7. The maximum atomic E-state index is 13.0. The molecule has 4 rings (SSSR count). The first-order valence-corrected chi connectivity index (χ1v) is 11.3. The minimum atomic E-state index is -0.360. The molecular weight excluding hydrogens is 432 g/mol. The number of rotatable bonds is 4. The molecule has 2 N–H and O–H groups in total. The molecule has 0 spiro atoms. The molecule has 2 aromatic heterocycles. The molecule has 168 valence electrons. The summed E-state index contributed by atoms with van der Waals surface area (Å²) in [5.41, 5.74) is 7.65. The normalized spacial score (nSPS) is 11.1.